The first kappa shape index (κ1) is 13.0. The quantitative estimate of drug-likeness (QED) is 0.901. The fraction of sp³-hybridized carbons (Fsp3) is 0.143. The number of aryl methyl sites for hydroxylation is 2. The topological polar surface area (TPSA) is 59.3 Å². The number of carboxylic acids is 1. The summed E-state index contributed by atoms with van der Waals surface area (Å²) >= 11 is 0. The smallest absolute Gasteiger partial charge is 0.341 e. The van der Waals surface area contributed by atoms with E-state index in [1.807, 2.05) is 0 Å². The predicted octanol–water partition coefficient (Wildman–Crippen LogP) is 2.20. The van der Waals surface area contributed by atoms with Crippen LogP contribution < -0.4 is 5.43 Å². The molecule has 5 heteroatoms. The Kier molecular flexibility index (Phi) is 3.21. The van der Waals surface area contributed by atoms with E-state index >= 15 is 0 Å². The van der Waals surface area contributed by atoms with Crippen LogP contribution in [-0.2, 0) is 7.05 Å². The van der Waals surface area contributed by atoms with Crippen molar-refractivity contribution < 1.29 is 14.3 Å². The Hall–Kier alpha value is -2.43. The molecule has 0 aliphatic carbocycles. The van der Waals surface area contributed by atoms with Crippen LogP contribution in [0.5, 0.6) is 0 Å². The van der Waals surface area contributed by atoms with Gasteiger partial charge in [0.2, 0.25) is 5.43 Å². The highest BCUT2D eigenvalue weighted by atomic mass is 19.1. The Balaban J connectivity index is 2.76. The molecule has 0 amide bonds. The van der Waals surface area contributed by atoms with Gasteiger partial charge in [-0.2, -0.15) is 0 Å². The van der Waals surface area contributed by atoms with Gasteiger partial charge in [0.25, 0.3) is 0 Å². The molecular formula is C14H12FNO3. The standard InChI is InChI=1S/C14H12FNO3/c1-8-5-9(15)3-4-10(8)11-6-16(2)7-12(13(11)17)14(18)19/h3-7H,1-2H3,(H,18,19). The molecule has 2 aromatic rings. The van der Waals surface area contributed by atoms with Crippen molar-refractivity contribution in [3.8, 4) is 11.1 Å². The van der Waals surface area contributed by atoms with Gasteiger partial charge in [0.05, 0.1) is 0 Å². The largest absolute Gasteiger partial charge is 0.477 e. The van der Waals surface area contributed by atoms with Crippen molar-refractivity contribution in [1.82, 2.24) is 4.57 Å². The van der Waals surface area contributed by atoms with Gasteiger partial charge in [0.15, 0.2) is 0 Å². The van der Waals surface area contributed by atoms with Crippen LogP contribution >= 0.6 is 0 Å². The first-order valence-electron chi connectivity index (χ1n) is 5.60. The summed E-state index contributed by atoms with van der Waals surface area (Å²) in [6, 6.07) is 4.03. The van der Waals surface area contributed by atoms with Gasteiger partial charge in [0.1, 0.15) is 11.4 Å². The predicted molar refractivity (Wildman–Crippen MR) is 68.8 cm³/mol. The van der Waals surface area contributed by atoms with Crippen molar-refractivity contribution in [2.45, 2.75) is 6.92 Å². The van der Waals surface area contributed by atoms with E-state index in [2.05, 4.69) is 0 Å². The number of aromatic carboxylic acids is 1. The second-order valence-electron chi connectivity index (χ2n) is 4.34. The summed E-state index contributed by atoms with van der Waals surface area (Å²) in [6.07, 6.45) is 2.79. The van der Waals surface area contributed by atoms with Crippen LogP contribution in [0.25, 0.3) is 11.1 Å². The number of hydrogen-bond acceptors (Lipinski definition) is 2. The molecule has 0 aliphatic heterocycles. The van der Waals surface area contributed by atoms with Crippen LogP contribution in [0.1, 0.15) is 15.9 Å². The number of rotatable bonds is 2. The molecule has 98 valence electrons. The molecule has 1 N–H and O–H groups in total. The summed E-state index contributed by atoms with van der Waals surface area (Å²) in [5.41, 5.74) is 0.494. The lowest BCUT2D eigenvalue weighted by molar-refractivity contribution is 0.0694. The molecule has 0 spiro atoms. The molecule has 0 radical (unpaired) electrons. The van der Waals surface area contributed by atoms with Crippen molar-refractivity contribution >= 4 is 5.97 Å². The third kappa shape index (κ3) is 2.40. The molecule has 0 fully saturated rings. The van der Waals surface area contributed by atoms with E-state index in [-0.39, 0.29) is 11.1 Å². The van der Waals surface area contributed by atoms with Gasteiger partial charge >= 0.3 is 5.97 Å². The Morgan fingerprint density at radius 2 is 1.95 bits per heavy atom. The Labute approximate surface area is 108 Å². The molecule has 0 atom stereocenters. The van der Waals surface area contributed by atoms with E-state index in [4.69, 9.17) is 5.11 Å². The maximum atomic E-state index is 13.1. The van der Waals surface area contributed by atoms with Crippen LogP contribution in [0.4, 0.5) is 4.39 Å². The number of nitrogens with zero attached hydrogens (tertiary/aromatic N) is 1. The molecule has 4 nitrogen and oxygen atoms in total. The molecule has 0 saturated heterocycles. The molecule has 1 heterocycles. The normalized spacial score (nSPS) is 10.5. The number of carbonyl (C=O) groups is 1. The summed E-state index contributed by atoms with van der Waals surface area (Å²) in [6.45, 7) is 1.67. The molecule has 0 aliphatic rings. The minimum atomic E-state index is -1.28. The van der Waals surface area contributed by atoms with Crippen molar-refractivity contribution in [2.24, 2.45) is 7.05 Å². The van der Waals surface area contributed by atoms with Crippen molar-refractivity contribution in [2.75, 3.05) is 0 Å². The molecule has 0 unspecified atom stereocenters. The lowest BCUT2D eigenvalue weighted by Gasteiger charge is -2.09. The maximum Gasteiger partial charge on any atom is 0.341 e. The SMILES string of the molecule is Cc1cc(F)ccc1-c1cn(C)cc(C(=O)O)c1=O. The first-order valence-corrected chi connectivity index (χ1v) is 5.60. The van der Waals surface area contributed by atoms with Crippen LogP contribution in [-0.4, -0.2) is 15.6 Å². The maximum absolute atomic E-state index is 13.1. The molecular weight excluding hydrogens is 249 g/mol. The zero-order chi connectivity index (χ0) is 14.2. The third-order valence-corrected chi connectivity index (χ3v) is 2.86. The molecule has 19 heavy (non-hydrogen) atoms. The van der Waals surface area contributed by atoms with Crippen LogP contribution in [0.15, 0.2) is 35.4 Å². The van der Waals surface area contributed by atoms with Gasteiger partial charge in [-0.1, -0.05) is 6.07 Å². The van der Waals surface area contributed by atoms with Gasteiger partial charge < -0.3 is 9.67 Å². The van der Waals surface area contributed by atoms with Crippen LogP contribution in [0, 0.1) is 12.7 Å². The molecule has 1 aromatic carbocycles. The van der Waals surface area contributed by atoms with E-state index in [0.29, 0.717) is 11.1 Å². The highest BCUT2D eigenvalue weighted by Gasteiger charge is 2.15. The minimum absolute atomic E-state index is 0.250. The minimum Gasteiger partial charge on any atom is -0.477 e. The molecule has 0 saturated carbocycles. The summed E-state index contributed by atoms with van der Waals surface area (Å²) in [4.78, 5) is 23.1. The second kappa shape index (κ2) is 4.68. The van der Waals surface area contributed by atoms with Crippen molar-refractivity contribution in [3.05, 3.63) is 57.8 Å². The molecule has 2 rings (SSSR count). The second-order valence-corrected chi connectivity index (χ2v) is 4.34. The Bertz CT molecular complexity index is 719. The molecule has 1 aromatic heterocycles. The van der Waals surface area contributed by atoms with Gasteiger partial charge in [-0.15, -0.1) is 0 Å². The van der Waals surface area contributed by atoms with Crippen molar-refractivity contribution in [3.63, 3.8) is 0 Å². The Morgan fingerprint density at radius 3 is 2.53 bits per heavy atom. The highest BCUT2D eigenvalue weighted by molar-refractivity contribution is 5.89. The number of hydrogen-bond donors (Lipinski definition) is 1. The van der Waals surface area contributed by atoms with E-state index in [1.165, 1.54) is 35.2 Å². The zero-order valence-electron chi connectivity index (χ0n) is 10.5. The first-order chi connectivity index (χ1) is 8.90. The number of halogens is 1. The zero-order valence-corrected chi connectivity index (χ0v) is 10.5. The summed E-state index contributed by atoms with van der Waals surface area (Å²) in [5.74, 6) is -1.67. The van der Waals surface area contributed by atoms with E-state index in [1.54, 1.807) is 14.0 Å². The fourth-order valence-electron chi connectivity index (χ4n) is 1.98. The average Bonchev–Trinajstić information content (AvgIpc) is 2.32. The number of aromatic nitrogens is 1. The molecule has 0 bridgehead atoms. The van der Waals surface area contributed by atoms with E-state index < -0.39 is 17.2 Å². The van der Waals surface area contributed by atoms with Gasteiger partial charge in [-0.05, 0) is 30.2 Å². The van der Waals surface area contributed by atoms with Gasteiger partial charge in [0, 0.05) is 25.0 Å². The number of pyridine rings is 1. The fourth-order valence-corrected chi connectivity index (χ4v) is 1.98. The van der Waals surface area contributed by atoms with Gasteiger partial charge in [-0.3, -0.25) is 4.79 Å². The van der Waals surface area contributed by atoms with Crippen LogP contribution in [0.3, 0.4) is 0 Å². The monoisotopic (exact) mass is 261 g/mol. The van der Waals surface area contributed by atoms with E-state index in [9.17, 15) is 14.0 Å². The lowest BCUT2D eigenvalue weighted by atomic mass is 10.00. The Morgan fingerprint density at radius 1 is 1.26 bits per heavy atom. The highest BCUT2D eigenvalue weighted by Crippen LogP contribution is 2.21. The summed E-state index contributed by atoms with van der Waals surface area (Å²) in [7, 11) is 1.63. The van der Waals surface area contributed by atoms with Gasteiger partial charge in [-0.25, -0.2) is 9.18 Å². The summed E-state index contributed by atoms with van der Waals surface area (Å²) in [5, 5.41) is 9.00. The number of carboxylic acid groups (broad SMARTS) is 1. The van der Waals surface area contributed by atoms with Crippen LogP contribution in [0.2, 0.25) is 0 Å². The average molecular weight is 261 g/mol. The number of benzene rings is 1. The lowest BCUT2D eigenvalue weighted by Crippen LogP contribution is -2.19. The van der Waals surface area contributed by atoms with E-state index in [0.717, 1.165) is 0 Å². The summed E-state index contributed by atoms with van der Waals surface area (Å²) < 4.78 is 14.6. The third-order valence-electron chi connectivity index (χ3n) is 2.86. The van der Waals surface area contributed by atoms with Crippen molar-refractivity contribution in [1.29, 1.82) is 0 Å².